The first-order chi connectivity index (χ1) is 12.1. The lowest BCUT2D eigenvalue weighted by molar-refractivity contribution is -0.222. The van der Waals surface area contributed by atoms with Gasteiger partial charge in [-0.25, -0.2) is 0 Å². The third-order valence-corrected chi connectivity index (χ3v) is 8.86. The highest BCUT2D eigenvalue weighted by Crippen LogP contribution is 2.72. The van der Waals surface area contributed by atoms with E-state index in [1.807, 2.05) is 6.08 Å². The zero-order chi connectivity index (χ0) is 19.0. The zero-order valence-electron chi connectivity index (χ0n) is 16.6. The van der Waals surface area contributed by atoms with Crippen molar-refractivity contribution in [2.75, 3.05) is 6.61 Å². The fraction of sp³-hybridized carbons (Fsp3) is 0.864. The molecule has 26 heavy (non-hydrogen) atoms. The molecule has 0 aromatic heterocycles. The maximum Gasteiger partial charge on any atom is 0.302 e. The van der Waals surface area contributed by atoms with Crippen LogP contribution in [0.2, 0.25) is 0 Å². The van der Waals surface area contributed by atoms with Gasteiger partial charge in [-0.05, 0) is 54.8 Å². The lowest BCUT2D eigenvalue weighted by atomic mass is 9.39. The summed E-state index contributed by atoms with van der Waals surface area (Å²) in [6, 6.07) is 0. The summed E-state index contributed by atoms with van der Waals surface area (Å²) < 4.78 is 5.94. The number of fused-ring (bicyclic) bond motifs is 3. The van der Waals surface area contributed by atoms with E-state index in [4.69, 9.17) is 4.74 Å². The van der Waals surface area contributed by atoms with Crippen LogP contribution in [0, 0.1) is 33.5 Å². The third kappa shape index (κ3) is 2.24. The van der Waals surface area contributed by atoms with Gasteiger partial charge in [-0.1, -0.05) is 39.3 Å². The highest BCUT2D eigenvalue weighted by molar-refractivity contribution is 5.66. The summed E-state index contributed by atoms with van der Waals surface area (Å²) in [6.07, 6.45) is 9.44. The summed E-state index contributed by atoms with van der Waals surface area (Å²) in [7, 11) is 0. The quantitative estimate of drug-likeness (QED) is 0.583. The standard InChI is InChI=1S/C22H34O4/c1-14(24)26-18-11-15-19(2,3)6-5-7-20(15,4)16-10-17(25)21(13-23)8-9-22(16,18)12-21/h8-9,15-18,23,25H,5-7,10-13H2,1-4H3/t15?,16?,17-,18+,20-,21-,22-/m1/s1. The molecule has 0 aliphatic heterocycles. The van der Waals surface area contributed by atoms with Gasteiger partial charge in [0.05, 0.1) is 12.7 Å². The highest BCUT2D eigenvalue weighted by atomic mass is 16.5. The Morgan fingerprint density at radius 1 is 1.15 bits per heavy atom. The lowest BCUT2D eigenvalue weighted by Crippen LogP contribution is -2.64. The maximum atomic E-state index is 11.9. The summed E-state index contributed by atoms with van der Waals surface area (Å²) >= 11 is 0. The fourth-order valence-electron chi connectivity index (χ4n) is 7.66. The van der Waals surface area contributed by atoms with Gasteiger partial charge in [0.2, 0.25) is 0 Å². The smallest absolute Gasteiger partial charge is 0.302 e. The van der Waals surface area contributed by atoms with E-state index in [0.717, 1.165) is 6.42 Å². The first-order valence-corrected chi connectivity index (χ1v) is 10.3. The van der Waals surface area contributed by atoms with Gasteiger partial charge in [0, 0.05) is 17.8 Å². The predicted octanol–water partition coefficient (Wildman–Crippen LogP) is 3.46. The van der Waals surface area contributed by atoms with Crippen LogP contribution in [0.3, 0.4) is 0 Å². The van der Waals surface area contributed by atoms with Crippen LogP contribution in [0.25, 0.3) is 0 Å². The van der Waals surface area contributed by atoms with Gasteiger partial charge in [-0.2, -0.15) is 0 Å². The summed E-state index contributed by atoms with van der Waals surface area (Å²) in [5.74, 6) is 0.541. The Hall–Kier alpha value is -0.870. The molecule has 3 fully saturated rings. The maximum absolute atomic E-state index is 11.9. The molecular weight excluding hydrogens is 328 g/mol. The molecule has 2 unspecified atom stereocenters. The number of esters is 1. The number of ether oxygens (including phenoxy) is 1. The van der Waals surface area contributed by atoms with Crippen LogP contribution >= 0.6 is 0 Å². The Bertz CT molecular complexity index is 640. The summed E-state index contributed by atoms with van der Waals surface area (Å²) in [6.45, 7) is 8.60. The highest BCUT2D eigenvalue weighted by Gasteiger charge is 2.69. The van der Waals surface area contributed by atoms with Crippen LogP contribution in [0.4, 0.5) is 0 Å². The van der Waals surface area contributed by atoms with Crippen molar-refractivity contribution < 1.29 is 19.7 Å². The van der Waals surface area contributed by atoms with E-state index in [9.17, 15) is 15.0 Å². The van der Waals surface area contributed by atoms with E-state index in [1.54, 1.807) is 0 Å². The van der Waals surface area contributed by atoms with Crippen molar-refractivity contribution in [2.24, 2.45) is 33.5 Å². The molecule has 4 aliphatic rings. The molecule has 0 heterocycles. The Balaban J connectivity index is 1.82. The van der Waals surface area contributed by atoms with Crippen molar-refractivity contribution in [3.05, 3.63) is 12.2 Å². The molecule has 4 rings (SSSR count). The molecule has 146 valence electrons. The third-order valence-electron chi connectivity index (χ3n) is 8.86. The van der Waals surface area contributed by atoms with Gasteiger partial charge >= 0.3 is 5.97 Å². The second-order valence-electron chi connectivity index (χ2n) is 10.6. The Morgan fingerprint density at radius 2 is 1.88 bits per heavy atom. The normalized spacial score (nSPS) is 51.5. The second kappa shape index (κ2) is 5.57. The summed E-state index contributed by atoms with van der Waals surface area (Å²) in [4.78, 5) is 11.9. The number of hydrogen-bond acceptors (Lipinski definition) is 4. The average Bonchev–Trinajstić information content (AvgIpc) is 2.89. The Kier molecular flexibility index (Phi) is 3.96. The number of aliphatic hydroxyl groups is 2. The van der Waals surface area contributed by atoms with E-state index < -0.39 is 11.5 Å². The number of hydrogen-bond donors (Lipinski definition) is 2. The Morgan fingerprint density at radius 3 is 2.54 bits per heavy atom. The van der Waals surface area contributed by atoms with E-state index in [1.165, 1.54) is 26.2 Å². The van der Waals surface area contributed by atoms with E-state index in [0.29, 0.717) is 18.8 Å². The van der Waals surface area contributed by atoms with Gasteiger partial charge in [0.15, 0.2) is 0 Å². The van der Waals surface area contributed by atoms with E-state index in [2.05, 4.69) is 26.8 Å². The summed E-state index contributed by atoms with van der Waals surface area (Å²) in [5, 5.41) is 21.0. The van der Waals surface area contributed by atoms with Crippen LogP contribution < -0.4 is 0 Å². The molecular formula is C22H34O4. The molecule has 4 heteroatoms. The van der Waals surface area contributed by atoms with Crippen molar-refractivity contribution >= 4 is 5.97 Å². The van der Waals surface area contributed by atoms with Crippen molar-refractivity contribution in [3.8, 4) is 0 Å². The average molecular weight is 363 g/mol. The number of rotatable bonds is 2. The summed E-state index contributed by atoms with van der Waals surface area (Å²) in [5.41, 5.74) is -0.462. The molecule has 3 saturated carbocycles. The Labute approximate surface area is 157 Å². The van der Waals surface area contributed by atoms with Gasteiger partial charge in [0.25, 0.3) is 0 Å². The fourth-order valence-corrected chi connectivity index (χ4v) is 7.66. The molecule has 0 radical (unpaired) electrons. The van der Waals surface area contributed by atoms with Crippen molar-refractivity contribution in [1.29, 1.82) is 0 Å². The van der Waals surface area contributed by atoms with Gasteiger partial charge in [-0.3, -0.25) is 4.79 Å². The molecule has 0 aromatic rings. The minimum atomic E-state index is -0.567. The van der Waals surface area contributed by atoms with Gasteiger partial charge < -0.3 is 14.9 Å². The molecule has 2 N–H and O–H groups in total. The number of carbonyl (C=O) groups is 1. The molecule has 4 aliphatic carbocycles. The minimum absolute atomic E-state index is 0.0441. The van der Waals surface area contributed by atoms with Gasteiger partial charge in [-0.15, -0.1) is 0 Å². The number of carbonyl (C=O) groups excluding carboxylic acids is 1. The molecule has 7 atom stereocenters. The molecule has 0 amide bonds. The topological polar surface area (TPSA) is 66.8 Å². The van der Waals surface area contributed by atoms with Crippen LogP contribution in [-0.2, 0) is 9.53 Å². The predicted molar refractivity (Wildman–Crippen MR) is 99.2 cm³/mol. The van der Waals surface area contributed by atoms with Crippen molar-refractivity contribution in [3.63, 3.8) is 0 Å². The molecule has 4 nitrogen and oxygen atoms in total. The second-order valence-corrected chi connectivity index (χ2v) is 10.6. The van der Waals surface area contributed by atoms with E-state index >= 15 is 0 Å². The molecule has 2 bridgehead atoms. The zero-order valence-corrected chi connectivity index (χ0v) is 16.6. The first-order valence-electron chi connectivity index (χ1n) is 10.3. The number of aliphatic hydroxyl groups excluding tert-OH is 2. The molecule has 1 spiro atoms. The minimum Gasteiger partial charge on any atom is -0.462 e. The SMILES string of the molecule is CC(=O)O[C@H]1CC2C(C)(C)CCC[C@@]2(C)C2C[C@@H](O)[C@]3(CO)C=C[C@@]21C3. The molecule has 0 saturated heterocycles. The van der Waals surface area contributed by atoms with Crippen molar-refractivity contribution in [1.82, 2.24) is 0 Å². The van der Waals surface area contributed by atoms with Crippen LogP contribution in [0.15, 0.2) is 12.2 Å². The largest absolute Gasteiger partial charge is 0.462 e. The van der Waals surface area contributed by atoms with Crippen molar-refractivity contribution in [2.45, 2.75) is 78.4 Å². The first kappa shape index (κ1) is 18.5. The lowest BCUT2D eigenvalue weighted by Gasteiger charge is -2.66. The van der Waals surface area contributed by atoms with Crippen LogP contribution in [0.5, 0.6) is 0 Å². The monoisotopic (exact) mass is 362 g/mol. The molecule has 0 aromatic carbocycles. The van der Waals surface area contributed by atoms with Crippen LogP contribution in [0.1, 0.15) is 66.2 Å². The van der Waals surface area contributed by atoms with Crippen LogP contribution in [-0.4, -0.2) is 35.0 Å². The van der Waals surface area contributed by atoms with Gasteiger partial charge in [0.1, 0.15) is 6.10 Å². The van der Waals surface area contributed by atoms with E-state index in [-0.39, 0.29) is 40.8 Å².